The molecule has 4 unspecified atom stereocenters. The number of para-hydroxylation sites is 3. The summed E-state index contributed by atoms with van der Waals surface area (Å²) in [6.07, 6.45) is 10.2. The fraction of sp³-hybridized carbons (Fsp3) is 0.333. The van der Waals surface area contributed by atoms with E-state index in [2.05, 4.69) is 225 Å². The number of anilines is 8. The van der Waals surface area contributed by atoms with Gasteiger partial charge in [-0.2, -0.15) is 0 Å². The lowest BCUT2D eigenvalue weighted by Crippen LogP contribution is -2.56. The molecular formula is C57H60BN3S2Si. The lowest BCUT2D eigenvalue weighted by atomic mass is 9.35. The van der Waals surface area contributed by atoms with Crippen molar-refractivity contribution in [3.63, 3.8) is 0 Å². The second kappa shape index (κ2) is 14.5. The Balaban J connectivity index is 1.21. The lowest BCUT2D eigenvalue weighted by molar-refractivity contribution is 0.210. The molecule has 7 heteroatoms. The fourth-order valence-electron chi connectivity index (χ4n) is 12.9. The Kier molecular flexibility index (Phi) is 9.25. The zero-order chi connectivity index (χ0) is 43.8. The lowest BCUT2D eigenvalue weighted by Gasteiger charge is -2.50. The fourth-order valence-corrected chi connectivity index (χ4v) is 17.9. The number of hydrogen-bond donors (Lipinski definition) is 0. The Labute approximate surface area is 391 Å². The molecule has 6 aromatic carbocycles. The molecule has 4 aliphatic heterocycles. The standard InChI is InChI=1S/C57H60BN3S2Si/c1-54-33-17-19-35-56(54,3)62-51-45(54)31-32-46-50(51)58-49-47(60(46)40-23-13-9-14-24-40)37-43(59(39-21-11-8-12-22-39)42-27-29-44(30-28-42)64(5,6)7)38-48(49)61(41-25-15-10-16-26-41)52-53(58)63-57(4)36-20-18-34-55(52,57)2/h8-16,21-32,37-38H,17-20,33-36H2,1-7H3. The van der Waals surface area contributed by atoms with Gasteiger partial charge in [-0.15, -0.1) is 23.5 Å². The highest BCUT2D eigenvalue weighted by atomic mass is 32.2. The molecule has 3 nitrogen and oxygen atoms in total. The van der Waals surface area contributed by atoms with Crippen LogP contribution >= 0.6 is 23.5 Å². The molecule has 0 amide bonds. The normalized spacial score (nSPS) is 26.5. The van der Waals surface area contributed by atoms with Gasteiger partial charge in [-0.3, -0.25) is 0 Å². The van der Waals surface area contributed by atoms with Crippen molar-refractivity contribution in [3.8, 4) is 0 Å². The van der Waals surface area contributed by atoms with Crippen LogP contribution in [-0.2, 0) is 5.41 Å². The summed E-state index contributed by atoms with van der Waals surface area (Å²) in [5, 5.41) is 1.48. The molecule has 0 spiro atoms. The summed E-state index contributed by atoms with van der Waals surface area (Å²) in [6.45, 7) is 17.9. The topological polar surface area (TPSA) is 9.72 Å². The van der Waals surface area contributed by atoms with Crippen LogP contribution in [0.2, 0.25) is 19.6 Å². The first-order chi connectivity index (χ1) is 30.8. The quantitative estimate of drug-likeness (QED) is 0.154. The van der Waals surface area contributed by atoms with Gasteiger partial charge in [-0.1, -0.05) is 137 Å². The summed E-state index contributed by atoms with van der Waals surface area (Å²) < 4.78 is 0.265. The number of nitrogens with zero attached hydrogens (tertiary/aromatic N) is 3. The van der Waals surface area contributed by atoms with Gasteiger partial charge in [0.15, 0.2) is 0 Å². The summed E-state index contributed by atoms with van der Waals surface area (Å²) in [4.78, 5) is 11.1. The van der Waals surface area contributed by atoms with Gasteiger partial charge in [0.2, 0.25) is 0 Å². The van der Waals surface area contributed by atoms with E-state index in [0.29, 0.717) is 0 Å². The maximum Gasteiger partial charge on any atom is 0.261 e. The highest BCUT2D eigenvalue weighted by Crippen LogP contribution is 2.69. The van der Waals surface area contributed by atoms with E-state index in [4.69, 9.17) is 0 Å². The Morgan fingerprint density at radius 3 is 1.67 bits per heavy atom. The number of thioether (sulfide) groups is 2. The summed E-state index contributed by atoms with van der Waals surface area (Å²) in [7, 11) is -1.52. The molecule has 2 fully saturated rings. The summed E-state index contributed by atoms with van der Waals surface area (Å²) in [5.74, 6) is 0. The van der Waals surface area contributed by atoms with Crippen LogP contribution in [-0.4, -0.2) is 24.3 Å². The maximum atomic E-state index is 2.77. The van der Waals surface area contributed by atoms with Crippen molar-refractivity contribution in [1.29, 1.82) is 0 Å². The molecule has 6 aliphatic rings. The van der Waals surface area contributed by atoms with Gasteiger partial charge in [0.05, 0.1) is 13.8 Å². The summed E-state index contributed by atoms with van der Waals surface area (Å²) >= 11 is 4.50. The zero-order valence-electron chi connectivity index (χ0n) is 38.7. The maximum absolute atomic E-state index is 2.77. The van der Waals surface area contributed by atoms with Gasteiger partial charge in [0.1, 0.15) is 0 Å². The van der Waals surface area contributed by atoms with Gasteiger partial charge < -0.3 is 14.7 Å². The van der Waals surface area contributed by atoms with Gasteiger partial charge >= 0.3 is 0 Å². The molecule has 0 radical (unpaired) electrons. The molecule has 4 atom stereocenters. The van der Waals surface area contributed by atoms with Crippen LogP contribution < -0.4 is 30.8 Å². The van der Waals surface area contributed by atoms with Crippen molar-refractivity contribution in [1.82, 2.24) is 0 Å². The number of fused-ring (bicyclic) bond motifs is 9. The van der Waals surface area contributed by atoms with Gasteiger partial charge in [0.25, 0.3) is 6.71 Å². The average Bonchev–Trinajstić information content (AvgIpc) is 3.70. The minimum atomic E-state index is -1.52. The van der Waals surface area contributed by atoms with Crippen LogP contribution in [0.3, 0.4) is 0 Å². The monoisotopic (exact) mass is 889 g/mol. The van der Waals surface area contributed by atoms with E-state index in [1.807, 2.05) is 0 Å². The summed E-state index contributed by atoms with van der Waals surface area (Å²) in [6, 6.07) is 53.6. The van der Waals surface area contributed by atoms with Crippen LogP contribution in [0, 0.1) is 5.41 Å². The number of hydrogen-bond acceptors (Lipinski definition) is 5. The Morgan fingerprint density at radius 2 is 1.05 bits per heavy atom. The first-order valence-corrected chi connectivity index (χ1v) is 29.1. The average molecular weight is 890 g/mol. The van der Waals surface area contributed by atoms with E-state index in [9.17, 15) is 0 Å². The van der Waals surface area contributed by atoms with Crippen LogP contribution in [0.25, 0.3) is 0 Å². The first-order valence-electron chi connectivity index (χ1n) is 24.0. The van der Waals surface area contributed by atoms with Crippen LogP contribution in [0.4, 0.5) is 45.5 Å². The Morgan fingerprint density at radius 1 is 0.516 bits per heavy atom. The molecule has 12 rings (SSSR count). The molecule has 2 saturated carbocycles. The minimum Gasteiger partial charge on any atom is -0.314 e. The van der Waals surface area contributed by atoms with Crippen LogP contribution in [0.1, 0.15) is 84.6 Å². The van der Waals surface area contributed by atoms with E-state index in [-0.39, 0.29) is 27.0 Å². The first kappa shape index (κ1) is 40.9. The van der Waals surface area contributed by atoms with Crippen molar-refractivity contribution in [2.45, 2.75) is 119 Å². The van der Waals surface area contributed by atoms with Crippen LogP contribution in [0.5, 0.6) is 0 Å². The second-order valence-corrected chi connectivity index (χ2v) is 29.6. The third-order valence-corrected chi connectivity index (χ3v) is 22.5. The molecule has 0 N–H and O–H groups in total. The number of allylic oxidation sites excluding steroid dienone is 1. The van der Waals surface area contributed by atoms with Crippen molar-refractivity contribution in [2.24, 2.45) is 5.41 Å². The molecule has 322 valence electrons. The van der Waals surface area contributed by atoms with E-state index in [1.165, 1.54) is 102 Å². The summed E-state index contributed by atoms with van der Waals surface area (Å²) in [5.41, 5.74) is 16.2. The van der Waals surface area contributed by atoms with Crippen molar-refractivity contribution >= 4 is 99.9 Å². The van der Waals surface area contributed by atoms with Gasteiger partial charge in [0, 0.05) is 70.7 Å². The Hall–Kier alpha value is -4.56. The van der Waals surface area contributed by atoms with E-state index in [1.54, 1.807) is 26.4 Å². The van der Waals surface area contributed by atoms with Gasteiger partial charge in [-0.05, 0) is 128 Å². The molecule has 0 aromatic heterocycles. The predicted octanol–water partition coefficient (Wildman–Crippen LogP) is 14.8. The van der Waals surface area contributed by atoms with E-state index < -0.39 is 8.07 Å². The smallest absolute Gasteiger partial charge is 0.261 e. The second-order valence-electron chi connectivity index (χ2n) is 21.5. The third-order valence-electron chi connectivity index (χ3n) is 16.9. The molecule has 6 aromatic rings. The minimum absolute atomic E-state index is 0.00544. The molecule has 0 bridgehead atoms. The zero-order valence-corrected chi connectivity index (χ0v) is 41.3. The van der Waals surface area contributed by atoms with Gasteiger partial charge in [-0.25, -0.2) is 0 Å². The van der Waals surface area contributed by atoms with Crippen LogP contribution in [0.15, 0.2) is 155 Å². The molecule has 4 heterocycles. The predicted molar refractivity (Wildman–Crippen MR) is 282 cm³/mol. The number of benzene rings is 6. The molecule has 64 heavy (non-hydrogen) atoms. The largest absolute Gasteiger partial charge is 0.314 e. The SMILES string of the molecule is CC12CCCCC1(C)C1=C(S2)B2c3c(cc(N(c4ccccc4)c4ccc([Si](C)(C)C)cc4)cc3N(c3ccccc3)c3ccc4c(c32)SC2(C)CCCCC42C)N1c1ccccc1. The molecule has 2 aliphatic carbocycles. The van der Waals surface area contributed by atoms with E-state index in [0.717, 1.165) is 5.69 Å². The molecule has 0 saturated heterocycles. The highest BCUT2D eigenvalue weighted by molar-refractivity contribution is 8.07. The third kappa shape index (κ3) is 5.75. The highest BCUT2D eigenvalue weighted by Gasteiger charge is 2.63. The molecular weight excluding hydrogens is 830 g/mol. The van der Waals surface area contributed by atoms with Crippen molar-refractivity contribution in [3.05, 3.63) is 156 Å². The van der Waals surface area contributed by atoms with E-state index >= 15 is 0 Å². The van der Waals surface area contributed by atoms with Crippen molar-refractivity contribution in [2.75, 3.05) is 14.7 Å². The number of rotatable bonds is 6. The Bertz CT molecular complexity index is 2860. The van der Waals surface area contributed by atoms with Crippen molar-refractivity contribution < 1.29 is 0 Å².